The predicted molar refractivity (Wildman–Crippen MR) is 144 cm³/mol. The summed E-state index contributed by atoms with van der Waals surface area (Å²) in [6, 6.07) is 20.0. The highest BCUT2D eigenvalue weighted by molar-refractivity contribution is 6.02. The Morgan fingerprint density at radius 2 is 1.67 bits per heavy atom. The summed E-state index contributed by atoms with van der Waals surface area (Å²) in [6.07, 6.45) is 1.62. The molecule has 3 aromatic carbocycles. The monoisotopic (exact) mass is 488 g/mol. The Hall–Kier alpha value is -3.80. The molecule has 6 heteroatoms. The van der Waals surface area contributed by atoms with E-state index in [1.165, 1.54) is 0 Å². The third-order valence-electron chi connectivity index (χ3n) is 7.00. The van der Waals surface area contributed by atoms with Crippen molar-refractivity contribution in [1.29, 1.82) is 0 Å². The van der Waals surface area contributed by atoms with Crippen LogP contribution in [0, 0.1) is 12.3 Å². The van der Waals surface area contributed by atoms with Crippen molar-refractivity contribution in [2.45, 2.75) is 52.5 Å². The van der Waals surface area contributed by atoms with Crippen LogP contribution in [0.1, 0.15) is 53.2 Å². The van der Waals surface area contributed by atoms with Crippen molar-refractivity contribution in [2.24, 2.45) is 5.41 Å². The number of aryl methyl sites for hydroxylation is 1. The van der Waals surface area contributed by atoms with Crippen LogP contribution in [-0.2, 0) is 21.5 Å². The third kappa shape index (κ3) is 4.68. The molecular weight excluding hydrogens is 452 g/mol. The number of ether oxygens (including phenoxy) is 2. The number of hydrogen-bond acceptors (Lipinski definition) is 4. The Morgan fingerprint density at radius 3 is 2.36 bits per heavy atom. The van der Waals surface area contributed by atoms with Gasteiger partial charge in [-0.25, -0.2) is 0 Å². The number of carbonyl (C=O) groups is 2. The maximum absolute atomic E-state index is 13.4. The molecule has 3 aromatic rings. The van der Waals surface area contributed by atoms with Crippen LogP contribution in [0.3, 0.4) is 0 Å². The molecule has 6 nitrogen and oxygen atoms in total. The van der Waals surface area contributed by atoms with E-state index in [1.54, 1.807) is 0 Å². The highest BCUT2D eigenvalue weighted by atomic mass is 16.7. The van der Waals surface area contributed by atoms with E-state index < -0.39 is 10.8 Å². The highest BCUT2D eigenvalue weighted by Crippen LogP contribution is 2.51. The number of nitrogens with one attached hydrogen (secondary N) is 2. The van der Waals surface area contributed by atoms with Gasteiger partial charge in [0.25, 0.3) is 0 Å². The van der Waals surface area contributed by atoms with E-state index in [1.807, 2.05) is 69.3 Å². The van der Waals surface area contributed by atoms with Crippen LogP contribution < -0.4 is 20.1 Å². The fraction of sp³-hybridized carbons (Fsp3) is 0.333. The second-order valence-corrected chi connectivity index (χ2v) is 10.8. The van der Waals surface area contributed by atoms with Gasteiger partial charge in [-0.15, -0.1) is 0 Å². The largest absolute Gasteiger partial charge is 0.454 e. The molecule has 1 aliphatic heterocycles. The van der Waals surface area contributed by atoms with E-state index in [0.717, 1.165) is 52.1 Å². The Kier molecular flexibility index (Phi) is 5.99. The number of fused-ring (bicyclic) bond motifs is 1. The van der Waals surface area contributed by atoms with Crippen LogP contribution in [0.15, 0.2) is 60.7 Å². The summed E-state index contributed by atoms with van der Waals surface area (Å²) in [5.41, 5.74) is 5.09. The molecule has 0 atom stereocenters. The Bertz CT molecular complexity index is 1330. The first kappa shape index (κ1) is 23.9. The van der Waals surface area contributed by atoms with Crippen molar-refractivity contribution in [3.8, 4) is 22.6 Å². The molecule has 1 aliphatic carbocycles. The van der Waals surface area contributed by atoms with E-state index in [4.69, 9.17) is 9.47 Å². The number of amides is 2. The zero-order valence-corrected chi connectivity index (χ0v) is 21.2. The van der Waals surface area contributed by atoms with Gasteiger partial charge in [-0.05, 0) is 71.8 Å². The van der Waals surface area contributed by atoms with Gasteiger partial charge in [-0.3, -0.25) is 9.59 Å². The summed E-state index contributed by atoms with van der Waals surface area (Å²) >= 11 is 0. The molecule has 0 spiro atoms. The molecule has 0 aromatic heterocycles. The van der Waals surface area contributed by atoms with E-state index in [9.17, 15) is 9.59 Å². The van der Waals surface area contributed by atoms with E-state index >= 15 is 0 Å². The SMILES string of the molecule is Cc1ccc(NC(=O)C2(c3ccc4c(c3)OCO4)CC2)cc1-c1ccc(CNC(=O)C(C)(C)C)cc1.[HH].[HH]. The fourth-order valence-electron chi connectivity index (χ4n) is 4.48. The maximum Gasteiger partial charge on any atom is 0.235 e. The van der Waals surface area contributed by atoms with Crippen LogP contribution in [0.5, 0.6) is 11.5 Å². The summed E-state index contributed by atoms with van der Waals surface area (Å²) in [4.78, 5) is 25.5. The minimum atomic E-state index is -0.523. The third-order valence-corrected chi connectivity index (χ3v) is 7.00. The molecule has 1 saturated carbocycles. The van der Waals surface area contributed by atoms with Gasteiger partial charge in [0.05, 0.1) is 5.41 Å². The minimum Gasteiger partial charge on any atom is -0.454 e. The van der Waals surface area contributed by atoms with Gasteiger partial charge in [0.1, 0.15) is 0 Å². The van der Waals surface area contributed by atoms with Crippen molar-refractivity contribution in [3.05, 3.63) is 77.4 Å². The second-order valence-electron chi connectivity index (χ2n) is 10.8. The molecule has 0 saturated heterocycles. The molecule has 1 heterocycles. The Labute approximate surface area is 215 Å². The van der Waals surface area contributed by atoms with Gasteiger partial charge in [-0.2, -0.15) is 0 Å². The quantitative estimate of drug-likeness (QED) is 0.432. The highest BCUT2D eigenvalue weighted by Gasteiger charge is 2.51. The number of anilines is 1. The van der Waals surface area contributed by atoms with Crippen LogP contribution in [0.4, 0.5) is 5.69 Å². The normalized spacial score (nSPS) is 15.3. The van der Waals surface area contributed by atoms with Crippen LogP contribution >= 0.6 is 0 Å². The molecule has 190 valence electrons. The van der Waals surface area contributed by atoms with Crippen LogP contribution in [0.25, 0.3) is 11.1 Å². The molecule has 0 unspecified atom stereocenters. The predicted octanol–water partition coefficient (Wildman–Crippen LogP) is 6.22. The molecule has 2 aliphatic rings. The number of rotatable bonds is 6. The molecular formula is C30H36N2O4. The van der Waals surface area contributed by atoms with Gasteiger partial charge < -0.3 is 20.1 Å². The topological polar surface area (TPSA) is 76.7 Å². The van der Waals surface area contributed by atoms with Gasteiger partial charge >= 0.3 is 0 Å². The number of benzene rings is 3. The Balaban J connectivity index is 0.00000200. The lowest BCUT2D eigenvalue weighted by atomic mass is 9.94. The van der Waals surface area contributed by atoms with E-state index in [2.05, 4.69) is 29.7 Å². The molecule has 36 heavy (non-hydrogen) atoms. The minimum absolute atomic E-state index is 0. The number of hydrogen-bond donors (Lipinski definition) is 2. The van der Waals surface area contributed by atoms with Gasteiger partial charge in [0, 0.05) is 20.5 Å². The standard InChI is InChI=1S/C30H32N2O4.2H2/c1-19-5-11-23(16-24(19)21-8-6-20(7-9-21)17-31-27(33)29(2,3)4)32-28(34)30(13-14-30)22-10-12-25-26(15-22)36-18-35-25;;/h5-12,15-16H,13-14,17-18H2,1-4H3,(H,31,33)(H,32,34);2*1H. The lowest BCUT2D eigenvalue weighted by Crippen LogP contribution is -2.34. The van der Waals surface area contributed by atoms with Crippen molar-refractivity contribution in [2.75, 3.05) is 12.1 Å². The summed E-state index contributed by atoms with van der Waals surface area (Å²) in [7, 11) is 0. The van der Waals surface area contributed by atoms with E-state index in [-0.39, 0.29) is 21.5 Å². The summed E-state index contributed by atoms with van der Waals surface area (Å²) in [6.45, 7) is 8.48. The van der Waals surface area contributed by atoms with Crippen molar-refractivity contribution in [3.63, 3.8) is 0 Å². The molecule has 0 radical (unpaired) electrons. The Morgan fingerprint density at radius 1 is 0.944 bits per heavy atom. The first-order valence-corrected chi connectivity index (χ1v) is 12.4. The van der Waals surface area contributed by atoms with Crippen molar-refractivity contribution >= 4 is 17.5 Å². The van der Waals surface area contributed by atoms with Crippen molar-refractivity contribution in [1.82, 2.24) is 5.32 Å². The van der Waals surface area contributed by atoms with E-state index in [0.29, 0.717) is 12.3 Å². The van der Waals surface area contributed by atoms with Gasteiger partial charge in [-0.1, -0.05) is 57.2 Å². The second kappa shape index (κ2) is 9.01. The molecule has 2 amide bonds. The average Bonchev–Trinajstić information content (AvgIpc) is 3.54. The number of carbonyl (C=O) groups excluding carboxylic acids is 2. The maximum atomic E-state index is 13.4. The lowest BCUT2D eigenvalue weighted by Gasteiger charge is -2.18. The molecule has 1 fully saturated rings. The summed E-state index contributed by atoms with van der Waals surface area (Å²) < 4.78 is 10.9. The first-order valence-electron chi connectivity index (χ1n) is 12.4. The zero-order valence-electron chi connectivity index (χ0n) is 21.2. The molecule has 0 bridgehead atoms. The van der Waals surface area contributed by atoms with Gasteiger partial charge in [0.2, 0.25) is 18.6 Å². The molecule has 5 rings (SSSR count). The lowest BCUT2D eigenvalue weighted by molar-refractivity contribution is -0.128. The average molecular weight is 489 g/mol. The smallest absolute Gasteiger partial charge is 0.235 e. The van der Waals surface area contributed by atoms with Gasteiger partial charge in [0.15, 0.2) is 11.5 Å². The van der Waals surface area contributed by atoms with Crippen LogP contribution in [-0.4, -0.2) is 18.6 Å². The van der Waals surface area contributed by atoms with Crippen LogP contribution in [0.2, 0.25) is 0 Å². The summed E-state index contributed by atoms with van der Waals surface area (Å²) in [5.74, 6) is 1.45. The zero-order chi connectivity index (χ0) is 25.5. The summed E-state index contributed by atoms with van der Waals surface area (Å²) in [5, 5.41) is 6.13. The van der Waals surface area contributed by atoms with Crippen molar-refractivity contribution < 1.29 is 21.9 Å². The molecule has 2 N–H and O–H groups in total. The first-order chi connectivity index (χ1) is 17.2. The fourth-order valence-corrected chi connectivity index (χ4v) is 4.48.